The lowest BCUT2D eigenvalue weighted by Gasteiger charge is -2.30. The van der Waals surface area contributed by atoms with Gasteiger partial charge in [-0.1, -0.05) is 12.1 Å². The van der Waals surface area contributed by atoms with E-state index in [9.17, 15) is 8.42 Å². The number of hydrogen-bond acceptors (Lipinski definition) is 4. The Hall–Kier alpha value is -2.21. The molecule has 2 heterocycles. The highest BCUT2D eigenvalue weighted by atomic mass is 32.2. The van der Waals surface area contributed by atoms with Crippen LogP contribution in [0.3, 0.4) is 0 Å². The van der Waals surface area contributed by atoms with E-state index < -0.39 is 10.0 Å². The van der Waals surface area contributed by atoms with Crippen LogP contribution in [-0.4, -0.2) is 21.5 Å². The maximum absolute atomic E-state index is 12.8. The molecule has 0 aromatic heterocycles. The summed E-state index contributed by atoms with van der Waals surface area (Å²) in [6.07, 6.45) is 3.46. The zero-order valence-electron chi connectivity index (χ0n) is 13.6. The van der Waals surface area contributed by atoms with E-state index in [1.165, 1.54) is 6.42 Å². The third-order valence-corrected chi connectivity index (χ3v) is 5.94. The molecule has 24 heavy (non-hydrogen) atoms. The van der Waals surface area contributed by atoms with Crippen LogP contribution in [0.5, 0.6) is 11.5 Å². The van der Waals surface area contributed by atoms with Gasteiger partial charge in [0.2, 0.25) is 0 Å². The Balaban J connectivity index is 1.85. The molecule has 1 fully saturated rings. The number of nitrogens with zero attached hydrogens (tertiary/aromatic N) is 1. The molecule has 0 aliphatic carbocycles. The summed E-state index contributed by atoms with van der Waals surface area (Å²) in [5.74, 6) is 0.919. The summed E-state index contributed by atoms with van der Waals surface area (Å²) in [6, 6.07) is 10.8. The van der Waals surface area contributed by atoms with Crippen molar-refractivity contribution in [1.82, 2.24) is 0 Å². The van der Waals surface area contributed by atoms with Gasteiger partial charge in [0.05, 0.1) is 5.69 Å². The van der Waals surface area contributed by atoms with Crippen LogP contribution in [0, 0.1) is 6.92 Å². The van der Waals surface area contributed by atoms with Crippen molar-refractivity contribution in [2.24, 2.45) is 0 Å². The van der Waals surface area contributed by atoms with Gasteiger partial charge in [-0.3, -0.25) is 4.72 Å². The summed E-state index contributed by atoms with van der Waals surface area (Å²) >= 11 is 0. The number of sulfonamides is 1. The Labute approximate surface area is 142 Å². The monoisotopic (exact) mass is 344 g/mol. The van der Waals surface area contributed by atoms with Gasteiger partial charge in [0, 0.05) is 13.1 Å². The van der Waals surface area contributed by atoms with Gasteiger partial charge in [0.15, 0.2) is 5.75 Å². The van der Waals surface area contributed by atoms with Gasteiger partial charge in [-0.25, -0.2) is 8.42 Å². The van der Waals surface area contributed by atoms with Crippen molar-refractivity contribution in [3.8, 4) is 11.5 Å². The number of anilines is 2. The predicted molar refractivity (Wildman–Crippen MR) is 94.6 cm³/mol. The summed E-state index contributed by atoms with van der Waals surface area (Å²) in [5.41, 5.74) is 2.38. The Kier molecular flexibility index (Phi) is 3.64. The highest BCUT2D eigenvalue weighted by Gasteiger charge is 2.29. The average molecular weight is 344 g/mol. The SMILES string of the molecule is Cc1ccc2c(c1)Oc1cccc(N3CCCCC3)c1NS2(=O)=O. The van der Waals surface area contributed by atoms with Crippen molar-refractivity contribution in [1.29, 1.82) is 0 Å². The second-order valence-corrected chi connectivity index (χ2v) is 8.01. The van der Waals surface area contributed by atoms with Crippen molar-refractivity contribution in [2.75, 3.05) is 22.7 Å². The van der Waals surface area contributed by atoms with Crippen LogP contribution in [0.15, 0.2) is 41.3 Å². The zero-order valence-corrected chi connectivity index (χ0v) is 14.4. The first kappa shape index (κ1) is 15.3. The molecule has 0 saturated carbocycles. The molecule has 2 aromatic carbocycles. The summed E-state index contributed by atoms with van der Waals surface area (Å²) in [6.45, 7) is 3.79. The standard InChI is InChI=1S/C18H20N2O3S/c1-13-8-9-17-16(12-13)23-15-7-5-6-14(18(15)19-24(17,21)22)20-10-3-2-4-11-20/h5-9,12,19H,2-4,10-11H2,1H3. The molecule has 126 valence electrons. The molecule has 2 aliphatic heterocycles. The summed E-state index contributed by atoms with van der Waals surface area (Å²) in [5, 5.41) is 0. The third kappa shape index (κ3) is 2.60. The van der Waals surface area contributed by atoms with E-state index in [1.807, 2.05) is 25.1 Å². The van der Waals surface area contributed by atoms with E-state index in [-0.39, 0.29) is 4.90 Å². The fourth-order valence-corrected chi connectivity index (χ4v) is 4.53. The van der Waals surface area contributed by atoms with Crippen LogP contribution in [-0.2, 0) is 10.0 Å². The van der Waals surface area contributed by atoms with Crippen molar-refractivity contribution >= 4 is 21.4 Å². The average Bonchev–Trinajstić information content (AvgIpc) is 2.67. The normalized spacial score (nSPS) is 18.6. The molecule has 6 heteroatoms. The van der Waals surface area contributed by atoms with E-state index in [2.05, 4.69) is 9.62 Å². The van der Waals surface area contributed by atoms with Crippen molar-refractivity contribution in [2.45, 2.75) is 31.1 Å². The van der Waals surface area contributed by atoms with Crippen LogP contribution in [0.4, 0.5) is 11.4 Å². The molecule has 1 N–H and O–H groups in total. The van der Waals surface area contributed by atoms with Crippen LogP contribution in [0.2, 0.25) is 0 Å². The number of aryl methyl sites for hydroxylation is 1. The fourth-order valence-electron chi connectivity index (χ4n) is 3.33. The number of piperidine rings is 1. The molecule has 1 saturated heterocycles. The Morgan fingerprint density at radius 2 is 1.83 bits per heavy atom. The Morgan fingerprint density at radius 3 is 2.62 bits per heavy atom. The number of para-hydroxylation sites is 1. The molecule has 5 nitrogen and oxygen atoms in total. The van der Waals surface area contributed by atoms with Gasteiger partial charge in [-0.15, -0.1) is 0 Å². The number of rotatable bonds is 1. The molecular formula is C18H20N2O3S. The van der Waals surface area contributed by atoms with Crippen molar-refractivity contribution in [3.05, 3.63) is 42.0 Å². The molecule has 0 radical (unpaired) electrons. The minimum atomic E-state index is -3.67. The van der Waals surface area contributed by atoms with E-state index in [0.29, 0.717) is 17.2 Å². The molecule has 0 unspecified atom stereocenters. The summed E-state index contributed by atoms with van der Waals surface area (Å²) < 4.78 is 34.3. The fraction of sp³-hybridized carbons (Fsp3) is 0.333. The van der Waals surface area contributed by atoms with Crippen molar-refractivity contribution < 1.29 is 13.2 Å². The molecule has 2 aliphatic rings. The lowest BCUT2D eigenvalue weighted by molar-refractivity contribution is 0.472. The van der Waals surface area contributed by atoms with E-state index in [0.717, 1.165) is 37.2 Å². The van der Waals surface area contributed by atoms with Gasteiger partial charge >= 0.3 is 0 Å². The zero-order chi connectivity index (χ0) is 16.7. The molecule has 0 amide bonds. The summed E-state index contributed by atoms with van der Waals surface area (Å²) in [7, 11) is -3.67. The van der Waals surface area contributed by atoms with Gasteiger partial charge in [0.25, 0.3) is 10.0 Å². The molecule has 0 bridgehead atoms. The van der Waals surface area contributed by atoms with Crippen LogP contribution in [0.1, 0.15) is 24.8 Å². The second kappa shape index (κ2) is 5.70. The molecule has 0 spiro atoms. The first-order valence-corrected chi connectivity index (χ1v) is 9.72. The lowest BCUT2D eigenvalue weighted by Crippen LogP contribution is -2.30. The highest BCUT2D eigenvalue weighted by Crippen LogP contribution is 2.44. The minimum Gasteiger partial charge on any atom is -0.454 e. The van der Waals surface area contributed by atoms with E-state index in [4.69, 9.17) is 4.74 Å². The Bertz CT molecular complexity index is 887. The maximum Gasteiger partial charge on any atom is 0.265 e. The van der Waals surface area contributed by atoms with Crippen LogP contribution < -0.4 is 14.4 Å². The molecule has 4 rings (SSSR count). The minimum absolute atomic E-state index is 0.175. The largest absolute Gasteiger partial charge is 0.454 e. The van der Waals surface area contributed by atoms with Crippen molar-refractivity contribution in [3.63, 3.8) is 0 Å². The molecule has 0 atom stereocenters. The number of fused-ring (bicyclic) bond motifs is 2. The Morgan fingerprint density at radius 1 is 1.04 bits per heavy atom. The number of ether oxygens (including phenoxy) is 1. The van der Waals surface area contributed by atoms with Gasteiger partial charge < -0.3 is 9.64 Å². The van der Waals surface area contributed by atoms with Gasteiger partial charge in [0.1, 0.15) is 16.3 Å². The topological polar surface area (TPSA) is 58.6 Å². The highest BCUT2D eigenvalue weighted by molar-refractivity contribution is 7.92. The first-order chi connectivity index (χ1) is 11.5. The van der Waals surface area contributed by atoms with Crippen LogP contribution in [0.25, 0.3) is 0 Å². The predicted octanol–water partition coefficient (Wildman–Crippen LogP) is 3.89. The van der Waals surface area contributed by atoms with Gasteiger partial charge in [-0.05, 0) is 56.0 Å². The molecule has 2 aromatic rings. The molecular weight excluding hydrogens is 324 g/mol. The maximum atomic E-state index is 12.8. The second-order valence-electron chi connectivity index (χ2n) is 6.36. The summed E-state index contributed by atoms with van der Waals surface area (Å²) in [4.78, 5) is 2.41. The third-order valence-electron chi connectivity index (χ3n) is 4.55. The smallest absolute Gasteiger partial charge is 0.265 e. The van der Waals surface area contributed by atoms with E-state index in [1.54, 1.807) is 18.2 Å². The quantitative estimate of drug-likeness (QED) is 0.852. The number of nitrogens with one attached hydrogen (secondary N) is 1. The van der Waals surface area contributed by atoms with E-state index >= 15 is 0 Å². The lowest BCUT2D eigenvalue weighted by atomic mass is 10.1. The van der Waals surface area contributed by atoms with Gasteiger partial charge in [-0.2, -0.15) is 0 Å². The number of hydrogen-bond donors (Lipinski definition) is 1. The number of benzene rings is 2. The first-order valence-electron chi connectivity index (χ1n) is 8.24. The van der Waals surface area contributed by atoms with Crippen LogP contribution >= 0.6 is 0 Å².